The van der Waals surface area contributed by atoms with Gasteiger partial charge in [-0.15, -0.1) is 0 Å². The molecule has 0 saturated heterocycles. The molecule has 0 heterocycles. The quantitative estimate of drug-likeness (QED) is 0.750. The van der Waals surface area contributed by atoms with Crippen molar-refractivity contribution in [1.82, 2.24) is 0 Å². The molecule has 3 nitrogen and oxygen atoms in total. The van der Waals surface area contributed by atoms with E-state index >= 15 is 0 Å². The van der Waals surface area contributed by atoms with Crippen LogP contribution in [0.2, 0.25) is 0 Å². The molecule has 1 aliphatic carbocycles. The van der Waals surface area contributed by atoms with Gasteiger partial charge in [0.15, 0.2) is 0 Å². The number of ether oxygens (including phenoxy) is 1. The summed E-state index contributed by atoms with van der Waals surface area (Å²) in [5.41, 5.74) is 5.66. The van der Waals surface area contributed by atoms with Crippen molar-refractivity contribution >= 4 is 0 Å². The molecular formula is C12H25NO2. The summed E-state index contributed by atoms with van der Waals surface area (Å²) in [4.78, 5) is 0. The summed E-state index contributed by atoms with van der Waals surface area (Å²) in [6.07, 6.45) is 3.97. The fourth-order valence-corrected chi connectivity index (χ4v) is 2.45. The minimum Gasteiger partial charge on any atom is -0.391 e. The van der Waals surface area contributed by atoms with Crippen molar-refractivity contribution in [1.29, 1.82) is 0 Å². The van der Waals surface area contributed by atoms with Gasteiger partial charge < -0.3 is 15.6 Å². The van der Waals surface area contributed by atoms with E-state index in [1.54, 1.807) is 6.92 Å². The zero-order valence-corrected chi connectivity index (χ0v) is 10.2. The van der Waals surface area contributed by atoms with Gasteiger partial charge >= 0.3 is 0 Å². The highest BCUT2D eigenvalue weighted by Gasteiger charge is 2.36. The van der Waals surface area contributed by atoms with Gasteiger partial charge in [0.2, 0.25) is 0 Å². The number of hydrogen-bond donors (Lipinski definition) is 2. The minimum absolute atomic E-state index is 0.126. The van der Waals surface area contributed by atoms with E-state index in [0.717, 1.165) is 12.8 Å². The van der Waals surface area contributed by atoms with Gasteiger partial charge in [0.1, 0.15) is 0 Å². The van der Waals surface area contributed by atoms with Crippen LogP contribution in [0, 0.1) is 5.92 Å². The van der Waals surface area contributed by atoms with Crippen LogP contribution in [0.1, 0.15) is 46.5 Å². The minimum atomic E-state index is -0.425. The van der Waals surface area contributed by atoms with Crippen LogP contribution in [0.3, 0.4) is 0 Å². The Kier molecular flexibility index (Phi) is 4.56. The molecule has 1 aliphatic rings. The first-order valence-corrected chi connectivity index (χ1v) is 6.05. The molecule has 4 unspecified atom stereocenters. The SMILES string of the molecule is CC1CCCC(CN)(OC(C)C(C)O)C1. The summed E-state index contributed by atoms with van der Waals surface area (Å²) in [5, 5.41) is 9.46. The molecule has 0 aromatic rings. The third-order valence-electron chi connectivity index (χ3n) is 3.54. The molecule has 4 atom stereocenters. The average Bonchev–Trinajstić information content (AvgIpc) is 2.17. The second kappa shape index (κ2) is 5.28. The van der Waals surface area contributed by atoms with Gasteiger partial charge in [-0.05, 0) is 32.6 Å². The molecule has 0 amide bonds. The van der Waals surface area contributed by atoms with Crippen molar-refractivity contribution in [3.63, 3.8) is 0 Å². The van der Waals surface area contributed by atoms with E-state index in [1.165, 1.54) is 12.8 Å². The van der Waals surface area contributed by atoms with Crippen molar-refractivity contribution in [2.45, 2.75) is 64.3 Å². The first-order chi connectivity index (χ1) is 6.99. The Morgan fingerprint density at radius 3 is 2.67 bits per heavy atom. The van der Waals surface area contributed by atoms with E-state index in [1.807, 2.05) is 6.92 Å². The van der Waals surface area contributed by atoms with E-state index in [4.69, 9.17) is 10.5 Å². The Morgan fingerprint density at radius 1 is 1.53 bits per heavy atom. The molecule has 0 aliphatic heterocycles. The molecule has 15 heavy (non-hydrogen) atoms. The van der Waals surface area contributed by atoms with Crippen LogP contribution in [-0.2, 0) is 4.74 Å². The predicted molar refractivity (Wildman–Crippen MR) is 61.6 cm³/mol. The normalized spacial score (nSPS) is 36.2. The van der Waals surface area contributed by atoms with E-state index in [9.17, 15) is 5.11 Å². The van der Waals surface area contributed by atoms with Crippen molar-refractivity contribution in [2.75, 3.05) is 6.54 Å². The lowest BCUT2D eigenvalue weighted by Crippen LogP contribution is -2.48. The largest absolute Gasteiger partial charge is 0.391 e. The Labute approximate surface area is 93.0 Å². The van der Waals surface area contributed by atoms with Gasteiger partial charge in [-0.25, -0.2) is 0 Å². The molecule has 0 spiro atoms. The van der Waals surface area contributed by atoms with Crippen molar-refractivity contribution in [3.8, 4) is 0 Å². The maximum absolute atomic E-state index is 9.46. The third kappa shape index (κ3) is 3.44. The lowest BCUT2D eigenvalue weighted by Gasteiger charge is -2.41. The summed E-state index contributed by atoms with van der Waals surface area (Å²) in [6, 6.07) is 0. The third-order valence-corrected chi connectivity index (χ3v) is 3.54. The van der Waals surface area contributed by atoms with Crippen molar-refractivity contribution in [3.05, 3.63) is 0 Å². The standard InChI is InChI=1S/C12H25NO2/c1-9-5-4-6-12(7-9,8-13)15-11(3)10(2)14/h9-11,14H,4-8,13H2,1-3H3. The number of aliphatic hydroxyl groups is 1. The topological polar surface area (TPSA) is 55.5 Å². The van der Waals surface area contributed by atoms with Gasteiger partial charge in [-0.1, -0.05) is 19.8 Å². The van der Waals surface area contributed by atoms with Crippen molar-refractivity contribution < 1.29 is 9.84 Å². The predicted octanol–water partition coefficient (Wildman–Crippen LogP) is 1.68. The molecule has 3 N–H and O–H groups in total. The van der Waals surface area contributed by atoms with E-state index in [-0.39, 0.29) is 11.7 Å². The van der Waals surface area contributed by atoms with Gasteiger partial charge in [0, 0.05) is 6.54 Å². The van der Waals surface area contributed by atoms with Crippen LogP contribution in [0.25, 0.3) is 0 Å². The summed E-state index contributed by atoms with van der Waals surface area (Å²) in [7, 11) is 0. The monoisotopic (exact) mass is 215 g/mol. The summed E-state index contributed by atoms with van der Waals surface area (Å²) >= 11 is 0. The zero-order chi connectivity index (χ0) is 11.5. The highest BCUT2D eigenvalue weighted by atomic mass is 16.5. The number of aliphatic hydroxyl groups excluding tert-OH is 1. The fraction of sp³-hybridized carbons (Fsp3) is 1.00. The Morgan fingerprint density at radius 2 is 2.20 bits per heavy atom. The van der Waals surface area contributed by atoms with E-state index in [0.29, 0.717) is 12.5 Å². The van der Waals surface area contributed by atoms with Crippen LogP contribution in [0.4, 0.5) is 0 Å². The van der Waals surface area contributed by atoms with Crippen LogP contribution >= 0.6 is 0 Å². The molecule has 3 heteroatoms. The van der Waals surface area contributed by atoms with Crippen LogP contribution in [0.15, 0.2) is 0 Å². The van der Waals surface area contributed by atoms with Crippen molar-refractivity contribution in [2.24, 2.45) is 11.7 Å². The molecule has 1 saturated carbocycles. The Bertz CT molecular complexity index is 196. The molecular weight excluding hydrogens is 190 g/mol. The number of hydrogen-bond acceptors (Lipinski definition) is 3. The molecule has 0 aromatic carbocycles. The smallest absolute Gasteiger partial charge is 0.0811 e. The highest BCUT2D eigenvalue weighted by Crippen LogP contribution is 2.35. The Hall–Kier alpha value is -0.120. The summed E-state index contributed by atoms with van der Waals surface area (Å²) in [5.74, 6) is 0.684. The van der Waals surface area contributed by atoms with Gasteiger partial charge in [-0.3, -0.25) is 0 Å². The zero-order valence-electron chi connectivity index (χ0n) is 10.2. The first-order valence-electron chi connectivity index (χ1n) is 6.05. The lowest BCUT2D eigenvalue weighted by atomic mass is 9.78. The maximum atomic E-state index is 9.46. The van der Waals surface area contributed by atoms with E-state index in [2.05, 4.69) is 6.92 Å². The number of rotatable bonds is 4. The van der Waals surface area contributed by atoms with Crippen LogP contribution < -0.4 is 5.73 Å². The number of nitrogens with two attached hydrogens (primary N) is 1. The molecule has 0 bridgehead atoms. The molecule has 1 rings (SSSR count). The first kappa shape index (κ1) is 12.9. The highest BCUT2D eigenvalue weighted by molar-refractivity contribution is 4.89. The lowest BCUT2D eigenvalue weighted by molar-refractivity contribution is -0.140. The average molecular weight is 215 g/mol. The molecule has 0 radical (unpaired) electrons. The van der Waals surface area contributed by atoms with E-state index < -0.39 is 6.10 Å². The molecule has 0 aromatic heterocycles. The van der Waals surface area contributed by atoms with Crippen LogP contribution in [-0.4, -0.2) is 29.5 Å². The second-order valence-corrected chi connectivity index (χ2v) is 5.15. The second-order valence-electron chi connectivity index (χ2n) is 5.15. The summed E-state index contributed by atoms with van der Waals surface area (Å²) < 4.78 is 5.98. The maximum Gasteiger partial charge on any atom is 0.0811 e. The van der Waals surface area contributed by atoms with Crippen LogP contribution in [0.5, 0.6) is 0 Å². The van der Waals surface area contributed by atoms with Gasteiger partial charge in [0.05, 0.1) is 17.8 Å². The summed E-state index contributed by atoms with van der Waals surface area (Å²) in [6.45, 7) is 6.50. The molecule has 1 fully saturated rings. The Balaban J connectivity index is 2.59. The molecule has 90 valence electrons. The van der Waals surface area contributed by atoms with Gasteiger partial charge in [0.25, 0.3) is 0 Å². The van der Waals surface area contributed by atoms with Gasteiger partial charge in [-0.2, -0.15) is 0 Å². The fourth-order valence-electron chi connectivity index (χ4n) is 2.45.